The number of hydrogen-bond donors (Lipinski definition) is 2. The maximum Gasteiger partial charge on any atom is 0.294 e. The van der Waals surface area contributed by atoms with Crippen molar-refractivity contribution < 1.29 is 4.79 Å². The van der Waals surface area contributed by atoms with E-state index in [9.17, 15) is 4.79 Å². The van der Waals surface area contributed by atoms with Gasteiger partial charge in [-0.1, -0.05) is 11.8 Å². The molecule has 0 atom stereocenters. The van der Waals surface area contributed by atoms with Crippen LogP contribution in [0.15, 0.2) is 10.5 Å². The van der Waals surface area contributed by atoms with Gasteiger partial charge in [0, 0.05) is 18.2 Å². The fourth-order valence-corrected chi connectivity index (χ4v) is 2.59. The molecule has 2 aromatic rings. The lowest BCUT2D eigenvalue weighted by Gasteiger charge is -1.95. The molecular formula is C7H9N7OS2. The molecule has 0 aliphatic carbocycles. The van der Waals surface area contributed by atoms with E-state index in [4.69, 9.17) is 5.84 Å². The first-order valence-corrected chi connectivity index (χ1v) is 6.37. The van der Waals surface area contributed by atoms with Crippen LogP contribution in [0.1, 0.15) is 15.5 Å². The van der Waals surface area contributed by atoms with E-state index in [-0.39, 0.29) is 5.91 Å². The highest BCUT2D eigenvalue weighted by molar-refractivity contribution is 7.98. The van der Waals surface area contributed by atoms with Crippen molar-refractivity contribution in [3.05, 3.63) is 16.1 Å². The van der Waals surface area contributed by atoms with Gasteiger partial charge < -0.3 is 0 Å². The van der Waals surface area contributed by atoms with Gasteiger partial charge in [-0.2, -0.15) is 0 Å². The summed E-state index contributed by atoms with van der Waals surface area (Å²) in [7, 11) is 1.76. The largest absolute Gasteiger partial charge is 0.294 e. The number of hydrazine groups is 1. The molecule has 17 heavy (non-hydrogen) atoms. The van der Waals surface area contributed by atoms with Gasteiger partial charge >= 0.3 is 0 Å². The van der Waals surface area contributed by atoms with Gasteiger partial charge in [0.15, 0.2) is 5.01 Å². The van der Waals surface area contributed by atoms with E-state index in [1.807, 2.05) is 5.43 Å². The Labute approximate surface area is 105 Å². The molecular weight excluding hydrogens is 262 g/mol. The number of tetrazole rings is 1. The normalized spacial score (nSPS) is 10.5. The molecule has 0 fully saturated rings. The van der Waals surface area contributed by atoms with E-state index in [0.717, 1.165) is 5.69 Å². The van der Waals surface area contributed by atoms with Gasteiger partial charge in [0.1, 0.15) is 0 Å². The third-order valence-corrected chi connectivity index (χ3v) is 3.74. The molecule has 1 amide bonds. The van der Waals surface area contributed by atoms with Gasteiger partial charge in [-0.15, -0.1) is 16.4 Å². The number of carbonyl (C=O) groups excluding carboxylic acids is 1. The molecule has 0 bridgehead atoms. The summed E-state index contributed by atoms with van der Waals surface area (Å²) in [5.41, 5.74) is 2.83. The molecule has 0 spiro atoms. The number of amides is 1. The quantitative estimate of drug-likeness (QED) is 0.335. The predicted octanol–water partition coefficient (Wildman–Crippen LogP) is -0.438. The number of rotatable bonds is 4. The maximum absolute atomic E-state index is 11.2. The lowest BCUT2D eigenvalue weighted by Crippen LogP contribution is -2.29. The lowest BCUT2D eigenvalue weighted by atomic mass is 10.5. The Morgan fingerprint density at radius 2 is 2.53 bits per heavy atom. The first-order chi connectivity index (χ1) is 8.20. The monoisotopic (exact) mass is 271 g/mol. The van der Waals surface area contributed by atoms with Crippen molar-refractivity contribution in [2.24, 2.45) is 12.9 Å². The average Bonchev–Trinajstić information content (AvgIpc) is 2.94. The van der Waals surface area contributed by atoms with Crippen LogP contribution in [0.2, 0.25) is 0 Å². The lowest BCUT2D eigenvalue weighted by molar-refractivity contribution is 0.0953. The van der Waals surface area contributed by atoms with Crippen LogP contribution < -0.4 is 11.3 Å². The summed E-state index contributed by atoms with van der Waals surface area (Å²) in [6.45, 7) is 0. The van der Waals surface area contributed by atoms with Gasteiger partial charge in [0.05, 0.1) is 5.69 Å². The van der Waals surface area contributed by atoms with Crippen LogP contribution in [-0.4, -0.2) is 31.1 Å². The number of aryl methyl sites for hydroxylation is 1. The number of hydrogen-bond acceptors (Lipinski definition) is 8. The molecule has 0 saturated heterocycles. The minimum atomic E-state index is -0.383. The van der Waals surface area contributed by atoms with E-state index < -0.39 is 0 Å². The number of aromatic nitrogens is 5. The highest BCUT2D eigenvalue weighted by Gasteiger charge is 2.10. The van der Waals surface area contributed by atoms with E-state index in [1.165, 1.54) is 23.1 Å². The zero-order chi connectivity index (χ0) is 12.3. The molecule has 0 saturated carbocycles. The fraction of sp³-hybridized carbons (Fsp3) is 0.286. The van der Waals surface area contributed by atoms with Crippen molar-refractivity contribution in [3.8, 4) is 0 Å². The summed E-state index contributed by atoms with van der Waals surface area (Å²) in [5, 5.41) is 13.9. The van der Waals surface area contributed by atoms with Crippen LogP contribution in [0.3, 0.4) is 0 Å². The van der Waals surface area contributed by atoms with Crippen molar-refractivity contribution >= 4 is 29.0 Å². The fourth-order valence-electron chi connectivity index (χ4n) is 1.02. The number of thioether (sulfide) groups is 1. The van der Waals surface area contributed by atoms with Crippen LogP contribution in [0, 0.1) is 0 Å². The van der Waals surface area contributed by atoms with E-state index in [2.05, 4.69) is 20.5 Å². The molecule has 0 unspecified atom stereocenters. The van der Waals surface area contributed by atoms with Gasteiger partial charge in [0.2, 0.25) is 5.16 Å². The predicted molar refractivity (Wildman–Crippen MR) is 62.1 cm³/mol. The number of nitrogens with zero attached hydrogens (tertiary/aromatic N) is 5. The minimum absolute atomic E-state index is 0.346. The van der Waals surface area contributed by atoms with Crippen molar-refractivity contribution in [2.75, 3.05) is 0 Å². The molecule has 2 heterocycles. The molecule has 2 aromatic heterocycles. The van der Waals surface area contributed by atoms with Crippen LogP contribution in [0.5, 0.6) is 0 Å². The number of nitrogen functional groups attached to an aromatic ring is 1. The number of carbonyl (C=O) groups is 1. The summed E-state index contributed by atoms with van der Waals surface area (Å²) in [5.74, 6) is 5.23. The molecule has 3 N–H and O–H groups in total. The Morgan fingerprint density at radius 1 is 1.71 bits per heavy atom. The Kier molecular flexibility index (Phi) is 3.66. The van der Waals surface area contributed by atoms with E-state index in [1.54, 1.807) is 17.1 Å². The Balaban J connectivity index is 1.98. The van der Waals surface area contributed by atoms with Gasteiger partial charge in [-0.05, 0) is 10.4 Å². The van der Waals surface area contributed by atoms with Crippen LogP contribution in [0.25, 0.3) is 0 Å². The molecule has 0 aromatic carbocycles. The van der Waals surface area contributed by atoms with E-state index in [0.29, 0.717) is 15.9 Å². The van der Waals surface area contributed by atoms with Crippen molar-refractivity contribution in [1.82, 2.24) is 30.6 Å². The SMILES string of the molecule is Cn1nnnc1SCc1csc(C(=O)NN)n1. The number of nitrogens with one attached hydrogen (secondary N) is 1. The first kappa shape index (κ1) is 12.0. The second kappa shape index (κ2) is 5.21. The molecule has 2 rings (SSSR count). The van der Waals surface area contributed by atoms with Crippen LogP contribution in [-0.2, 0) is 12.8 Å². The summed E-state index contributed by atoms with van der Waals surface area (Å²) >= 11 is 2.70. The topological polar surface area (TPSA) is 112 Å². The molecule has 0 aliphatic heterocycles. The molecule has 8 nitrogen and oxygen atoms in total. The highest BCUT2D eigenvalue weighted by Crippen LogP contribution is 2.20. The third-order valence-electron chi connectivity index (χ3n) is 1.81. The minimum Gasteiger partial charge on any atom is -0.288 e. The van der Waals surface area contributed by atoms with E-state index >= 15 is 0 Å². The third kappa shape index (κ3) is 2.78. The van der Waals surface area contributed by atoms with Gasteiger partial charge in [-0.25, -0.2) is 15.5 Å². The average molecular weight is 271 g/mol. The first-order valence-electron chi connectivity index (χ1n) is 4.51. The summed E-state index contributed by atoms with van der Waals surface area (Å²) in [4.78, 5) is 15.3. The van der Waals surface area contributed by atoms with Crippen molar-refractivity contribution in [1.29, 1.82) is 0 Å². The summed E-state index contributed by atoms with van der Waals surface area (Å²) in [6, 6.07) is 0. The Hall–Kier alpha value is -1.52. The smallest absolute Gasteiger partial charge is 0.288 e. The second-order valence-corrected chi connectivity index (χ2v) is 4.79. The Morgan fingerprint density at radius 3 is 3.18 bits per heavy atom. The zero-order valence-corrected chi connectivity index (χ0v) is 10.5. The van der Waals surface area contributed by atoms with Gasteiger partial charge in [0.25, 0.3) is 5.91 Å². The van der Waals surface area contributed by atoms with Crippen molar-refractivity contribution in [3.63, 3.8) is 0 Å². The molecule has 0 radical (unpaired) electrons. The van der Waals surface area contributed by atoms with Crippen LogP contribution in [0.4, 0.5) is 0 Å². The molecule has 0 aliphatic rings. The van der Waals surface area contributed by atoms with Crippen LogP contribution >= 0.6 is 23.1 Å². The molecule has 10 heteroatoms. The zero-order valence-electron chi connectivity index (χ0n) is 8.82. The maximum atomic E-state index is 11.2. The Bertz CT molecular complexity index is 522. The van der Waals surface area contributed by atoms with Crippen molar-refractivity contribution in [2.45, 2.75) is 10.9 Å². The second-order valence-electron chi connectivity index (χ2n) is 2.99. The summed E-state index contributed by atoms with van der Waals surface area (Å²) in [6.07, 6.45) is 0. The standard InChI is InChI=1S/C7H9N7OS2/c1-14-7(11-12-13-14)17-3-4-2-16-6(9-4)5(15)10-8/h2H,3,8H2,1H3,(H,10,15). The highest BCUT2D eigenvalue weighted by atomic mass is 32.2. The number of nitrogens with two attached hydrogens (primary N) is 1. The molecule has 90 valence electrons. The number of thiazole rings is 1. The van der Waals surface area contributed by atoms with Gasteiger partial charge in [-0.3, -0.25) is 10.2 Å². The summed E-state index contributed by atoms with van der Waals surface area (Å²) < 4.78 is 1.57.